The summed E-state index contributed by atoms with van der Waals surface area (Å²) in [7, 11) is 0. The first-order valence-electron chi connectivity index (χ1n) is 6.38. The second kappa shape index (κ2) is 4.78. The molecule has 1 aromatic carbocycles. The summed E-state index contributed by atoms with van der Waals surface area (Å²) in [6.07, 6.45) is 6.33. The number of aromatic nitrogens is 2. The molecule has 0 atom stereocenters. The standard InChI is InChI=1S/C15H16FN2S/c1-11(2)14-10-18-8-7-17(15(18)19-14)9-12-3-5-13(16)6-4-12/h3-8,10-11H,9H2,1-2H3/q+1. The van der Waals surface area contributed by atoms with E-state index < -0.39 is 0 Å². The van der Waals surface area contributed by atoms with Gasteiger partial charge in [-0.25, -0.2) is 8.96 Å². The van der Waals surface area contributed by atoms with Gasteiger partial charge >= 0.3 is 4.96 Å². The van der Waals surface area contributed by atoms with E-state index in [2.05, 4.69) is 41.4 Å². The highest BCUT2D eigenvalue weighted by Gasteiger charge is 2.16. The van der Waals surface area contributed by atoms with Crippen LogP contribution in [0.3, 0.4) is 0 Å². The lowest BCUT2D eigenvalue weighted by Gasteiger charge is -1.98. The topological polar surface area (TPSA) is 8.29 Å². The molecule has 0 amide bonds. The van der Waals surface area contributed by atoms with Crippen molar-refractivity contribution in [3.8, 4) is 0 Å². The van der Waals surface area contributed by atoms with Gasteiger partial charge in [0.1, 0.15) is 31.0 Å². The molecule has 0 aliphatic rings. The van der Waals surface area contributed by atoms with Crippen LogP contribution in [0.4, 0.5) is 4.39 Å². The van der Waals surface area contributed by atoms with E-state index in [1.165, 1.54) is 22.0 Å². The third kappa shape index (κ3) is 2.40. The van der Waals surface area contributed by atoms with Crippen molar-refractivity contribution in [3.05, 3.63) is 59.1 Å². The molecule has 0 fully saturated rings. The number of hydrogen-bond donors (Lipinski definition) is 0. The minimum atomic E-state index is -0.186. The Balaban J connectivity index is 1.94. The summed E-state index contributed by atoms with van der Waals surface area (Å²) in [5.41, 5.74) is 1.11. The van der Waals surface area contributed by atoms with Crippen LogP contribution in [0, 0.1) is 5.82 Å². The average molecular weight is 275 g/mol. The number of rotatable bonds is 3. The minimum absolute atomic E-state index is 0.186. The lowest BCUT2D eigenvalue weighted by atomic mass is 10.2. The quantitative estimate of drug-likeness (QED) is 0.646. The number of halogens is 1. The third-order valence-electron chi connectivity index (χ3n) is 3.18. The van der Waals surface area contributed by atoms with Gasteiger partial charge in [0.25, 0.3) is 0 Å². The van der Waals surface area contributed by atoms with Crippen LogP contribution in [-0.2, 0) is 6.54 Å². The highest BCUT2D eigenvalue weighted by atomic mass is 32.1. The minimum Gasteiger partial charge on any atom is -0.217 e. The zero-order chi connectivity index (χ0) is 13.4. The Hall–Kier alpha value is -1.68. The molecule has 19 heavy (non-hydrogen) atoms. The molecule has 0 spiro atoms. The van der Waals surface area contributed by atoms with Gasteiger partial charge < -0.3 is 0 Å². The first-order valence-corrected chi connectivity index (χ1v) is 7.19. The van der Waals surface area contributed by atoms with Crippen molar-refractivity contribution in [1.29, 1.82) is 0 Å². The fourth-order valence-electron chi connectivity index (χ4n) is 2.08. The summed E-state index contributed by atoms with van der Waals surface area (Å²) in [5, 5.41) is 0. The fourth-order valence-corrected chi connectivity index (χ4v) is 3.15. The molecule has 2 aromatic heterocycles. The van der Waals surface area contributed by atoms with E-state index >= 15 is 0 Å². The van der Waals surface area contributed by atoms with Gasteiger partial charge in [0.15, 0.2) is 0 Å². The maximum atomic E-state index is 12.9. The number of thiazole rings is 1. The fraction of sp³-hybridized carbons (Fsp3) is 0.267. The summed E-state index contributed by atoms with van der Waals surface area (Å²) in [6.45, 7) is 5.18. The van der Waals surface area contributed by atoms with Crippen molar-refractivity contribution in [1.82, 2.24) is 4.40 Å². The van der Waals surface area contributed by atoms with Crippen LogP contribution in [0.2, 0.25) is 0 Å². The average Bonchev–Trinajstić information content (AvgIpc) is 2.94. The molecule has 2 nitrogen and oxygen atoms in total. The van der Waals surface area contributed by atoms with E-state index in [1.807, 2.05) is 23.5 Å². The van der Waals surface area contributed by atoms with Crippen LogP contribution in [0.15, 0.2) is 42.9 Å². The second-order valence-electron chi connectivity index (χ2n) is 5.03. The van der Waals surface area contributed by atoms with Crippen molar-refractivity contribution in [2.45, 2.75) is 26.3 Å². The van der Waals surface area contributed by atoms with Gasteiger partial charge in [0, 0.05) is 0 Å². The number of imidazole rings is 1. The Bertz CT molecular complexity index is 695. The van der Waals surface area contributed by atoms with Gasteiger partial charge in [-0.2, -0.15) is 4.40 Å². The van der Waals surface area contributed by atoms with Crippen LogP contribution in [0.5, 0.6) is 0 Å². The molecule has 0 aliphatic carbocycles. The second-order valence-corrected chi connectivity index (χ2v) is 6.07. The van der Waals surface area contributed by atoms with E-state index in [1.54, 1.807) is 0 Å². The molecule has 4 heteroatoms. The molecule has 0 bridgehead atoms. The number of benzene rings is 1. The summed E-state index contributed by atoms with van der Waals surface area (Å²) in [4.78, 5) is 2.59. The summed E-state index contributed by atoms with van der Waals surface area (Å²) in [5.74, 6) is 0.359. The van der Waals surface area contributed by atoms with Crippen molar-refractivity contribution in [3.63, 3.8) is 0 Å². The van der Waals surface area contributed by atoms with Crippen LogP contribution in [0.1, 0.15) is 30.2 Å². The third-order valence-corrected chi connectivity index (χ3v) is 4.62. The summed E-state index contributed by atoms with van der Waals surface area (Å²) >= 11 is 1.81. The van der Waals surface area contributed by atoms with Crippen molar-refractivity contribution < 1.29 is 8.96 Å². The molecule has 3 aromatic rings. The van der Waals surface area contributed by atoms with E-state index in [9.17, 15) is 4.39 Å². The Morgan fingerprint density at radius 1 is 1.26 bits per heavy atom. The Labute approximate surface area is 115 Å². The summed E-state index contributed by atoms with van der Waals surface area (Å²) < 4.78 is 17.3. The van der Waals surface area contributed by atoms with Gasteiger partial charge in [-0.05, 0) is 23.6 Å². The molecule has 0 saturated heterocycles. The number of fused-ring (bicyclic) bond motifs is 1. The highest BCUT2D eigenvalue weighted by molar-refractivity contribution is 7.16. The smallest absolute Gasteiger partial charge is 0.217 e. The molecular formula is C15H16FN2S+. The molecule has 0 unspecified atom stereocenters. The molecule has 0 saturated carbocycles. The van der Waals surface area contributed by atoms with E-state index in [0.29, 0.717) is 5.92 Å². The van der Waals surface area contributed by atoms with Crippen molar-refractivity contribution in [2.24, 2.45) is 0 Å². The zero-order valence-corrected chi connectivity index (χ0v) is 11.8. The molecule has 3 rings (SSSR count). The van der Waals surface area contributed by atoms with Gasteiger partial charge in [-0.3, -0.25) is 0 Å². The van der Waals surface area contributed by atoms with Crippen molar-refractivity contribution >= 4 is 16.3 Å². The van der Waals surface area contributed by atoms with Gasteiger partial charge in [0.2, 0.25) is 0 Å². The first kappa shape index (κ1) is 12.4. The largest absolute Gasteiger partial charge is 0.346 e. The highest BCUT2D eigenvalue weighted by Crippen LogP contribution is 2.23. The molecule has 98 valence electrons. The van der Waals surface area contributed by atoms with E-state index in [4.69, 9.17) is 0 Å². The predicted octanol–water partition coefficient (Wildman–Crippen LogP) is 3.60. The number of nitrogens with zero attached hydrogens (tertiary/aromatic N) is 2. The Morgan fingerprint density at radius 2 is 2.00 bits per heavy atom. The Morgan fingerprint density at radius 3 is 2.68 bits per heavy atom. The van der Waals surface area contributed by atoms with Gasteiger partial charge in [0.05, 0.1) is 4.88 Å². The zero-order valence-electron chi connectivity index (χ0n) is 11.0. The van der Waals surface area contributed by atoms with Crippen LogP contribution in [-0.4, -0.2) is 4.40 Å². The maximum Gasteiger partial charge on any atom is 0.346 e. The Kier molecular flexibility index (Phi) is 3.11. The SMILES string of the molecule is CC(C)c1cn2cc[n+](Cc3ccc(F)cc3)c2s1. The van der Waals surface area contributed by atoms with Gasteiger partial charge in [-0.1, -0.05) is 37.3 Å². The molecule has 0 N–H and O–H groups in total. The normalized spacial score (nSPS) is 11.6. The molecular weight excluding hydrogens is 259 g/mol. The van der Waals surface area contributed by atoms with Crippen LogP contribution < -0.4 is 4.57 Å². The van der Waals surface area contributed by atoms with E-state index in [-0.39, 0.29) is 5.82 Å². The van der Waals surface area contributed by atoms with E-state index in [0.717, 1.165) is 12.1 Å². The lowest BCUT2D eigenvalue weighted by molar-refractivity contribution is -0.659. The summed E-state index contributed by atoms with van der Waals surface area (Å²) in [6, 6.07) is 6.69. The maximum absolute atomic E-state index is 12.9. The molecule has 0 aliphatic heterocycles. The predicted molar refractivity (Wildman–Crippen MR) is 75.1 cm³/mol. The monoisotopic (exact) mass is 275 g/mol. The lowest BCUT2D eigenvalue weighted by Crippen LogP contribution is -2.31. The van der Waals surface area contributed by atoms with Crippen molar-refractivity contribution in [2.75, 3.05) is 0 Å². The van der Waals surface area contributed by atoms with Crippen LogP contribution >= 0.6 is 11.3 Å². The first-order chi connectivity index (χ1) is 9.13. The number of hydrogen-bond acceptors (Lipinski definition) is 1. The molecule has 0 radical (unpaired) electrons. The van der Waals surface area contributed by atoms with Gasteiger partial charge in [-0.15, -0.1) is 0 Å². The van der Waals surface area contributed by atoms with Crippen LogP contribution in [0.25, 0.3) is 4.96 Å². The molecule has 2 heterocycles.